The van der Waals surface area contributed by atoms with E-state index in [-0.39, 0.29) is 17.1 Å². The predicted molar refractivity (Wildman–Crippen MR) is 118 cm³/mol. The van der Waals surface area contributed by atoms with Crippen molar-refractivity contribution in [3.63, 3.8) is 0 Å². The fourth-order valence-corrected chi connectivity index (χ4v) is 3.95. The lowest BCUT2D eigenvalue weighted by atomic mass is 10.1. The summed E-state index contributed by atoms with van der Waals surface area (Å²) in [5, 5.41) is 2.56. The lowest BCUT2D eigenvalue weighted by Gasteiger charge is -2.28. The number of nitrogens with one attached hydrogen (secondary N) is 1. The molecule has 1 aliphatic rings. The third-order valence-corrected chi connectivity index (χ3v) is 5.63. The normalized spacial score (nSPS) is 13.6. The molecule has 8 heteroatoms. The fourth-order valence-electron chi connectivity index (χ4n) is 3.77. The summed E-state index contributed by atoms with van der Waals surface area (Å²) in [6, 6.07) is 14.0. The largest absolute Gasteiger partial charge is 0.324 e. The van der Waals surface area contributed by atoms with Gasteiger partial charge in [0.15, 0.2) is 0 Å². The summed E-state index contributed by atoms with van der Waals surface area (Å²) in [5.74, 6) is -0.482. The van der Waals surface area contributed by atoms with Crippen LogP contribution in [0, 0.1) is 12.7 Å². The number of carbonyl (C=O) groups is 1. The van der Waals surface area contributed by atoms with E-state index in [1.807, 2.05) is 18.2 Å². The Hall–Kier alpha value is -3.03. The van der Waals surface area contributed by atoms with Gasteiger partial charge < -0.3 is 5.32 Å². The summed E-state index contributed by atoms with van der Waals surface area (Å²) in [4.78, 5) is 32.5. The first-order chi connectivity index (χ1) is 14.9. The van der Waals surface area contributed by atoms with Gasteiger partial charge in [-0.05, 0) is 30.7 Å². The summed E-state index contributed by atoms with van der Waals surface area (Å²) in [6.07, 6.45) is 0.694. The molecule has 4 rings (SSSR count). The number of carbonyl (C=O) groups excluding carboxylic acids is 1. The van der Waals surface area contributed by atoms with E-state index < -0.39 is 11.7 Å². The van der Waals surface area contributed by atoms with E-state index in [0.717, 1.165) is 18.8 Å². The lowest BCUT2D eigenvalue weighted by Crippen LogP contribution is -2.39. The first-order valence-corrected chi connectivity index (χ1v) is 10.4. The third kappa shape index (κ3) is 4.84. The molecule has 0 atom stereocenters. The Morgan fingerprint density at radius 2 is 2.00 bits per heavy atom. The smallest absolute Gasteiger partial charge is 0.258 e. The van der Waals surface area contributed by atoms with Gasteiger partial charge in [-0.2, -0.15) is 0 Å². The number of hydrogen-bond acceptors (Lipinski definition) is 4. The van der Waals surface area contributed by atoms with Gasteiger partial charge in [0, 0.05) is 31.7 Å². The molecular formula is C23H22ClFN4O2. The van der Waals surface area contributed by atoms with Crippen LogP contribution >= 0.6 is 11.6 Å². The van der Waals surface area contributed by atoms with E-state index in [1.165, 1.54) is 28.3 Å². The van der Waals surface area contributed by atoms with Crippen LogP contribution in [0.25, 0.3) is 0 Å². The number of halogens is 2. The zero-order valence-corrected chi connectivity index (χ0v) is 17.8. The number of aromatic nitrogens is 2. The maximum atomic E-state index is 13.3. The van der Waals surface area contributed by atoms with Crippen molar-refractivity contribution in [2.24, 2.45) is 0 Å². The van der Waals surface area contributed by atoms with Crippen LogP contribution in [-0.2, 0) is 30.8 Å². The topological polar surface area (TPSA) is 67.2 Å². The lowest BCUT2D eigenvalue weighted by molar-refractivity contribution is -0.116. The minimum atomic E-state index is -0.564. The van der Waals surface area contributed by atoms with Gasteiger partial charge >= 0.3 is 0 Å². The molecule has 160 valence electrons. The van der Waals surface area contributed by atoms with Crippen LogP contribution < -0.4 is 10.9 Å². The van der Waals surface area contributed by atoms with E-state index in [2.05, 4.69) is 27.3 Å². The number of benzene rings is 2. The summed E-state index contributed by atoms with van der Waals surface area (Å²) < 4.78 is 14.7. The molecule has 0 saturated carbocycles. The van der Waals surface area contributed by atoms with E-state index >= 15 is 0 Å². The van der Waals surface area contributed by atoms with Crippen molar-refractivity contribution >= 4 is 23.2 Å². The number of amides is 1. The SMILES string of the molecule is Cc1nc2c(c(=O)n1CC(=O)Nc1ccc(F)c(Cl)c1)CN(Cc1ccccc1)CC2. The van der Waals surface area contributed by atoms with Crippen LogP contribution in [0.4, 0.5) is 10.1 Å². The second kappa shape index (κ2) is 8.99. The van der Waals surface area contributed by atoms with E-state index in [4.69, 9.17) is 11.6 Å². The molecule has 0 spiro atoms. The molecule has 0 bridgehead atoms. The highest BCUT2D eigenvalue weighted by molar-refractivity contribution is 6.31. The van der Waals surface area contributed by atoms with E-state index in [0.29, 0.717) is 30.0 Å². The van der Waals surface area contributed by atoms with Gasteiger partial charge in [-0.25, -0.2) is 9.37 Å². The monoisotopic (exact) mass is 440 g/mol. The summed E-state index contributed by atoms with van der Waals surface area (Å²) >= 11 is 5.76. The van der Waals surface area contributed by atoms with Crippen molar-refractivity contribution in [1.29, 1.82) is 0 Å². The minimum Gasteiger partial charge on any atom is -0.324 e. The zero-order chi connectivity index (χ0) is 22.0. The summed E-state index contributed by atoms with van der Waals surface area (Å²) in [6.45, 7) is 3.60. The first kappa shape index (κ1) is 21.2. The van der Waals surface area contributed by atoms with Crippen molar-refractivity contribution in [2.75, 3.05) is 11.9 Å². The third-order valence-electron chi connectivity index (χ3n) is 5.34. The standard InChI is InChI=1S/C23H22ClFN4O2/c1-15-26-21-9-10-28(12-16-5-3-2-4-6-16)13-18(21)23(31)29(15)14-22(30)27-17-7-8-20(25)19(24)11-17/h2-8,11H,9-10,12-14H2,1H3,(H,27,30). The number of aryl methyl sites for hydroxylation is 1. The molecule has 1 N–H and O–H groups in total. The Bertz CT molecular complexity index is 1180. The molecule has 31 heavy (non-hydrogen) atoms. The average molecular weight is 441 g/mol. The van der Waals surface area contributed by atoms with Gasteiger partial charge in [0.2, 0.25) is 5.91 Å². The van der Waals surface area contributed by atoms with Gasteiger partial charge in [-0.15, -0.1) is 0 Å². The summed E-state index contributed by atoms with van der Waals surface area (Å²) in [7, 11) is 0. The molecule has 1 aliphatic heterocycles. The van der Waals surface area contributed by atoms with Gasteiger partial charge in [0.25, 0.3) is 5.56 Å². The highest BCUT2D eigenvalue weighted by atomic mass is 35.5. The average Bonchev–Trinajstić information content (AvgIpc) is 2.75. The molecule has 2 heterocycles. The van der Waals surface area contributed by atoms with Crippen molar-refractivity contribution in [1.82, 2.24) is 14.5 Å². The molecule has 3 aromatic rings. The number of anilines is 1. The van der Waals surface area contributed by atoms with Gasteiger partial charge in [0.1, 0.15) is 18.2 Å². The quantitative estimate of drug-likeness (QED) is 0.659. The van der Waals surface area contributed by atoms with Crippen LogP contribution in [0.5, 0.6) is 0 Å². The van der Waals surface area contributed by atoms with Crippen LogP contribution in [0.15, 0.2) is 53.3 Å². The summed E-state index contributed by atoms with van der Waals surface area (Å²) in [5.41, 5.74) is 2.78. The van der Waals surface area contributed by atoms with Gasteiger partial charge in [-0.1, -0.05) is 41.9 Å². The Labute approximate surface area is 184 Å². The van der Waals surface area contributed by atoms with Crippen LogP contribution in [0.1, 0.15) is 22.6 Å². The molecule has 0 radical (unpaired) electrons. The minimum absolute atomic E-state index is 0.0832. The molecule has 0 fully saturated rings. The van der Waals surface area contributed by atoms with Crippen molar-refractivity contribution in [3.8, 4) is 0 Å². The number of fused-ring (bicyclic) bond motifs is 1. The molecule has 2 aromatic carbocycles. The number of rotatable bonds is 5. The number of nitrogens with zero attached hydrogens (tertiary/aromatic N) is 3. The second-order valence-corrected chi connectivity index (χ2v) is 8.01. The molecule has 1 aromatic heterocycles. The predicted octanol–water partition coefficient (Wildman–Crippen LogP) is 3.54. The first-order valence-electron chi connectivity index (χ1n) is 10.0. The van der Waals surface area contributed by atoms with Gasteiger partial charge in [0.05, 0.1) is 16.3 Å². The molecule has 0 saturated heterocycles. The van der Waals surface area contributed by atoms with Crippen molar-refractivity contribution in [3.05, 3.63) is 92.4 Å². The van der Waals surface area contributed by atoms with Gasteiger partial charge in [-0.3, -0.25) is 19.1 Å². The molecule has 6 nitrogen and oxygen atoms in total. The van der Waals surface area contributed by atoms with Crippen molar-refractivity contribution < 1.29 is 9.18 Å². The molecule has 1 amide bonds. The maximum absolute atomic E-state index is 13.3. The highest BCUT2D eigenvalue weighted by Crippen LogP contribution is 2.20. The Morgan fingerprint density at radius 3 is 2.74 bits per heavy atom. The number of hydrogen-bond donors (Lipinski definition) is 1. The molecule has 0 unspecified atom stereocenters. The van der Waals surface area contributed by atoms with Crippen LogP contribution in [0.3, 0.4) is 0 Å². The zero-order valence-electron chi connectivity index (χ0n) is 17.1. The maximum Gasteiger partial charge on any atom is 0.258 e. The van der Waals surface area contributed by atoms with E-state index in [1.54, 1.807) is 6.92 Å². The molecular weight excluding hydrogens is 419 g/mol. The van der Waals surface area contributed by atoms with E-state index in [9.17, 15) is 14.0 Å². The van der Waals surface area contributed by atoms with Crippen LogP contribution in [0.2, 0.25) is 5.02 Å². The Morgan fingerprint density at radius 1 is 1.23 bits per heavy atom. The highest BCUT2D eigenvalue weighted by Gasteiger charge is 2.23. The molecule has 0 aliphatic carbocycles. The second-order valence-electron chi connectivity index (χ2n) is 7.60. The fraction of sp³-hybridized carbons (Fsp3) is 0.261. The Kier molecular flexibility index (Phi) is 6.15. The van der Waals surface area contributed by atoms with Crippen LogP contribution in [-0.4, -0.2) is 26.9 Å². The van der Waals surface area contributed by atoms with Crippen molar-refractivity contribution in [2.45, 2.75) is 33.0 Å². The Balaban J connectivity index is 1.51.